The SMILES string of the molecule is CC[C@H](C)c1ccccc1N1C[C@@H](C(=O)OCC(=O)N[C@@H](C)c2ccccc2)CC1=O. The highest BCUT2D eigenvalue weighted by atomic mass is 16.5. The fraction of sp³-hybridized carbons (Fsp3) is 0.400. The molecule has 1 N–H and O–H groups in total. The van der Waals surface area contributed by atoms with Gasteiger partial charge in [-0.3, -0.25) is 14.4 Å². The lowest BCUT2D eigenvalue weighted by molar-refractivity contribution is -0.152. The molecule has 6 nitrogen and oxygen atoms in total. The van der Waals surface area contributed by atoms with Crippen molar-refractivity contribution in [3.63, 3.8) is 0 Å². The molecule has 0 radical (unpaired) electrons. The van der Waals surface area contributed by atoms with E-state index < -0.39 is 11.9 Å². The Labute approximate surface area is 183 Å². The standard InChI is InChI=1S/C25H30N2O4/c1-4-17(2)21-12-8-9-13-22(21)27-15-20(14-24(27)29)25(30)31-16-23(28)26-18(3)19-10-6-5-7-11-19/h5-13,17-18,20H,4,14-16H2,1-3H3,(H,26,28)/t17-,18-,20-/m0/s1. The van der Waals surface area contributed by atoms with Gasteiger partial charge in [-0.1, -0.05) is 62.4 Å². The molecule has 2 amide bonds. The van der Waals surface area contributed by atoms with E-state index in [-0.39, 0.29) is 37.4 Å². The van der Waals surface area contributed by atoms with Crippen LogP contribution in [-0.2, 0) is 19.1 Å². The summed E-state index contributed by atoms with van der Waals surface area (Å²) in [6.07, 6.45) is 1.05. The number of ether oxygens (including phenoxy) is 1. The largest absolute Gasteiger partial charge is 0.455 e. The lowest BCUT2D eigenvalue weighted by Gasteiger charge is -2.23. The van der Waals surface area contributed by atoms with Crippen molar-refractivity contribution in [2.24, 2.45) is 5.92 Å². The fourth-order valence-corrected chi connectivity index (χ4v) is 3.83. The molecule has 1 heterocycles. The van der Waals surface area contributed by atoms with E-state index in [1.54, 1.807) is 4.90 Å². The predicted octanol–water partition coefficient (Wildman–Crippen LogP) is 3.97. The van der Waals surface area contributed by atoms with Crippen LogP contribution in [0.2, 0.25) is 0 Å². The number of carbonyl (C=O) groups is 3. The molecular formula is C25H30N2O4. The number of amides is 2. The van der Waals surface area contributed by atoms with Gasteiger partial charge in [-0.05, 0) is 36.5 Å². The summed E-state index contributed by atoms with van der Waals surface area (Å²) < 4.78 is 5.23. The van der Waals surface area contributed by atoms with Crippen LogP contribution >= 0.6 is 0 Å². The molecule has 1 aliphatic rings. The minimum Gasteiger partial charge on any atom is -0.455 e. The number of para-hydroxylation sites is 1. The Morgan fingerprint density at radius 2 is 1.77 bits per heavy atom. The molecule has 0 bridgehead atoms. The summed E-state index contributed by atoms with van der Waals surface area (Å²) in [5.41, 5.74) is 2.92. The Balaban J connectivity index is 1.56. The van der Waals surface area contributed by atoms with Crippen molar-refractivity contribution in [2.75, 3.05) is 18.1 Å². The first-order chi connectivity index (χ1) is 14.9. The van der Waals surface area contributed by atoms with Crippen LogP contribution in [-0.4, -0.2) is 30.9 Å². The van der Waals surface area contributed by atoms with Crippen molar-refractivity contribution in [1.82, 2.24) is 5.32 Å². The van der Waals surface area contributed by atoms with Gasteiger partial charge in [0.05, 0.1) is 12.0 Å². The van der Waals surface area contributed by atoms with Gasteiger partial charge in [0.2, 0.25) is 5.91 Å². The number of carbonyl (C=O) groups excluding carboxylic acids is 3. The van der Waals surface area contributed by atoms with E-state index in [0.717, 1.165) is 23.2 Å². The van der Waals surface area contributed by atoms with Crippen molar-refractivity contribution in [1.29, 1.82) is 0 Å². The van der Waals surface area contributed by atoms with E-state index in [1.807, 2.05) is 61.5 Å². The Hall–Kier alpha value is -3.15. The summed E-state index contributed by atoms with van der Waals surface area (Å²) in [4.78, 5) is 39.0. The van der Waals surface area contributed by atoms with Crippen LogP contribution in [0.4, 0.5) is 5.69 Å². The lowest BCUT2D eigenvalue weighted by Crippen LogP contribution is -2.33. The van der Waals surface area contributed by atoms with Crippen molar-refractivity contribution in [2.45, 2.75) is 45.6 Å². The molecule has 164 valence electrons. The van der Waals surface area contributed by atoms with Crippen LogP contribution in [0, 0.1) is 5.92 Å². The first-order valence-electron chi connectivity index (χ1n) is 10.8. The van der Waals surface area contributed by atoms with Crippen LogP contribution in [0.3, 0.4) is 0 Å². The van der Waals surface area contributed by atoms with E-state index >= 15 is 0 Å². The monoisotopic (exact) mass is 422 g/mol. The molecular weight excluding hydrogens is 392 g/mol. The molecule has 31 heavy (non-hydrogen) atoms. The average Bonchev–Trinajstić information content (AvgIpc) is 3.19. The molecule has 1 fully saturated rings. The molecule has 0 unspecified atom stereocenters. The highest BCUT2D eigenvalue weighted by Crippen LogP contribution is 2.33. The second-order valence-electron chi connectivity index (χ2n) is 8.08. The number of anilines is 1. The summed E-state index contributed by atoms with van der Waals surface area (Å²) in [7, 11) is 0. The van der Waals surface area contributed by atoms with Gasteiger partial charge >= 0.3 is 5.97 Å². The van der Waals surface area contributed by atoms with E-state index in [2.05, 4.69) is 19.2 Å². The number of hydrogen-bond acceptors (Lipinski definition) is 4. The Morgan fingerprint density at radius 1 is 1.10 bits per heavy atom. The Bertz CT molecular complexity index is 928. The van der Waals surface area contributed by atoms with Crippen LogP contribution in [0.1, 0.15) is 56.7 Å². The van der Waals surface area contributed by atoms with Gasteiger partial charge in [-0.15, -0.1) is 0 Å². The molecule has 2 aromatic carbocycles. The van der Waals surface area contributed by atoms with Crippen LogP contribution < -0.4 is 10.2 Å². The summed E-state index contributed by atoms with van der Waals surface area (Å²) >= 11 is 0. The molecule has 0 aromatic heterocycles. The van der Waals surface area contributed by atoms with Gasteiger partial charge in [0.1, 0.15) is 0 Å². The maximum atomic E-state index is 12.6. The molecule has 3 atom stereocenters. The van der Waals surface area contributed by atoms with E-state index in [4.69, 9.17) is 4.74 Å². The maximum Gasteiger partial charge on any atom is 0.311 e. The van der Waals surface area contributed by atoms with E-state index in [0.29, 0.717) is 5.92 Å². The third-order valence-electron chi connectivity index (χ3n) is 5.85. The normalized spacial score (nSPS) is 17.8. The summed E-state index contributed by atoms with van der Waals surface area (Å²) in [5, 5.41) is 2.82. The molecule has 3 rings (SSSR count). The molecule has 1 aliphatic heterocycles. The predicted molar refractivity (Wildman–Crippen MR) is 120 cm³/mol. The van der Waals surface area contributed by atoms with E-state index in [1.165, 1.54) is 0 Å². The van der Waals surface area contributed by atoms with Crippen LogP contribution in [0.15, 0.2) is 54.6 Å². The number of hydrogen-bond donors (Lipinski definition) is 1. The number of benzene rings is 2. The first-order valence-corrected chi connectivity index (χ1v) is 10.8. The number of esters is 1. The fourth-order valence-electron chi connectivity index (χ4n) is 3.83. The third kappa shape index (κ3) is 5.51. The summed E-state index contributed by atoms with van der Waals surface area (Å²) in [6, 6.07) is 17.2. The zero-order chi connectivity index (χ0) is 22.4. The van der Waals surface area contributed by atoms with Crippen LogP contribution in [0.5, 0.6) is 0 Å². The summed E-state index contributed by atoms with van der Waals surface area (Å²) in [6.45, 7) is 6.02. The average molecular weight is 423 g/mol. The number of rotatable bonds is 8. The second-order valence-corrected chi connectivity index (χ2v) is 8.08. The molecule has 0 saturated carbocycles. The van der Waals surface area contributed by atoms with Crippen molar-refractivity contribution in [3.8, 4) is 0 Å². The quantitative estimate of drug-likeness (QED) is 0.653. The molecule has 0 aliphatic carbocycles. The third-order valence-corrected chi connectivity index (χ3v) is 5.85. The zero-order valence-electron chi connectivity index (χ0n) is 18.3. The van der Waals surface area contributed by atoms with Gasteiger partial charge < -0.3 is 15.0 Å². The number of nitrogens with one attached hydrogen (secondary N) is 1. The maximum absolute atomic E-state index is 12.6. The van der Waals surface area contributed by atoms with Crippen LogP contribution in [0.25, 0.3) is 0 Å². The molecule has 0 spiro atoms. The van der Waals surface area contributed by atoms with Gasteiger partial charge in [-0.2, -0.15) is 0 Å². The van der Waals surface area contributed by atoms with Gasteiger partial charge in [-0.25, -0.2) is 0 Å². The van der Waals surface area contributed by atoms with Crippen molar-refractivity contribution < 1.29 is 19.1 Å². The van der Waals surface area contributed by atoms with Gasteiger partial charge in [0.25, 0.3) is 5.91 Å². The highest BCUT2D eigenvalue weighted by Gasteiger charge is 2.37. The smallest absolute Gasteiger partial charge is 0.311 e. The Kier molecular flexibility index (Phi) is 7.45. The Morgan fingerprint density at radius 3 is 2.48 bits per heavy atom. The zero-order valence-corrected chi connectivity index (χ0v) is 18.3. The summed E-state index contributed by atoms with van der Waals surface area (Å²) in [5.74, 6) is -1.24. The van der Waals surface area contributed by atoms with Crippen molar-refractivity contribution >= 4 is 23.5 Å². The molecule has 1 saturated heterocycles. The second kappa shape index (κ2) is 10.2. The molecule has 2 aromatic rings. The van der Waals surface area contributed by atoms with Gasteiger partial charge in [0, 0.05) is 18.7 Å². The van der Waals surface area contributed by atoms with E-state index in [9.17, 15) is 14.4 Å². The topological polar surface area (TPSA) is 75.7 Å². The first kappa shape index (κ1) is 22.5. The lowest BCUT2D eigenvalue weighted by atomic mass is 9.96. The highest BCUT2D eigenvalue weighted by molar-refractivity contribution is 6.00. The molecule has 6 heteroatoms. The number of nitrogens with zero attached hydrogens (tertiary/aromatic N) is 1. The van der Waals surface area contributed by atoms with Crippen molar-refractivity contribution in [3.05, 3.63) is 65.7 Å². The minimum absolute atomic E-state index is 0.0930. The minimum atomic E-state index is -0.572. The van der Waals surface area contributed by atoms with Gasteiger partial charge in [0.15, 0.2) is 6.61 Å².